The number of esters is 1. The molecule has 2 heterocycles. The summed E-state index contributed by atoms with van der Waals surface area (Å²) in [4.78, 5) is 24.9. The number of rotatable bonds is 6. The number of fused-ring (bicyclic) bond motifs is 1. The van der Waals surface area contributed by atoms with Gasteiger partial charge in [0.25, 0.3) is 0 Å². The fourth-order valence-corrected chi connectivity index (χ4v) is 3.09. The van der Waals surface area contributed by atoms with Gasteiger partial charge in [0.15, 0.2) is 5.76 Å². The number of hydrogen-bond acceptors (Lipinski definition) is 6. The lowest BCUT2D eigenvalue weighted by atomic mass is 10.1. The SMILES string of the molecule is CCOC(=O)c1ccc(COc2c(-c3ccco3)oc3cc(C)ccc3c2=O)cc1. The lowest BCUT2D eigenvalue weighted by Crippen LogP contribution is -2.10. The van der Waals surface area contributed by atoms with Crippen molar-refractivity contribution in [3.8, 4) is 17.3 Å². The van der Waals surface area contributed by atoms with E-state index in [1.807, 2.05) is 13.0 Å². The Morgan fingerprint density at radius 2 is 1.87 bits per heavy atom. The maximum absolute atomic E-state index is 13.1. The van der Waals surface area contributed by atoms with Gasteiger partial charge in [0.2, 0.25) is 16.9 Å². The highest BCUT2D eigenvalue weighted by atomic mass is 16.5. The lowest BCUT2D eigenvalue weighted by molar-refractivity contribution is 0.0526. The van der Waals surface area contributed by atoms with Crippen molar-refractivity contribution in [2.24, 2.45) is 0 Å². The van der Waals surface area contributed by atoms with Gasteiger partial charge in [0, 0.05) is 0 Å². The summed E-state index contributed by atoms with van der Waals surface area (Å²) in [7, 11) is 0. The summed E-state index contributed by atoms with van der Waals surface area (Å²) in [5.74, 6) is 0.348. The van der Waals surface area contributed by atoms with Gasteiger partial charge in [0.05, 0.1) is 23.8 Å². The van der Waals surface area contributed by atoms with Gasteiger partial charge in [-0.2, -0.15) is 0 Å². The Morgan fingerprint density at radius 1 is 1.07 bits per heavy atom. The largest absolute Gasteiger partial charge is 0.481 e. The first kappa shape index (κ1) is 19.5. The van der Waals surface area contributed by atoms with Gasteiger partial charge in [0.1, 0.15) is 12.2 Å². The molecule has 0 fully saturated rings. The molecular formula is C24H20O6. The molecule has 0 atom stereocenters. The standard InChI is InChI=1S/C24H20O6/c1-3-27-24(26)17-9-7-16(8-10-17)14-29-23-21(25)18-11-6-15(2)13-20(18)30-22(23)19-5-4-12-28-19/h4-13H,3,14H2,1-2H3. The van der Waals surface area contributed by atoms with Crippen LogP contribution in [0.15, 0.2) is 74.5 Å². The van der Waals surface area contributed by atoms with Crippen LogP contribution in [0.4, 0.5) is 0 Å². The number of hydrogen-bond donors (Lipinski definition) is 0. The second-order valence-electron chi connectivity index (χ2n) is 6.77. The Hall–Kier alpha value is -3.80. The summed E-state index contributed by atoms with van der Waals surface area (Å²) in [5, 5.41) is 0.434. The molecular weight excluding hydrogens is 384 g/mol. The van der Waals surface area contributed by atoms with E-state index in [9.17, 15) is 9.59 Å². The van der Waals surface area contributed by atoms with Gasteiger partial charge >= 0.3 is 5.97 Å². The molecule has 0 unspecified atom stereocenters. The Morgan fingerprint density at radius 3 is 2.57 bits per heavy atom. The molecule has 2 aromatic heterocycles. The van der Waals surface area contributed by atoms with Crippen LogP contribution in [-0.2, 0) is 11.3 Å². The Labute approximate surface area is 172 Å². The van der Waals surface area contributed by atoms with Crippen LogP contribution in [0, 0.1) is 6.92 Å². The van der Waals surface area contributed by atoms with Crippen molar-refractivity contribution in [3.63, 3.8) is 0 Å². The summed E-state index contributed by atoms with van der Waals surface area (Å²) in [6.07, 6.45) is 1.51. The molecule has 0 amide bonds. The third-order valence-corrected chi connectivity index (χ3v) is 4.60. The zero-order valence-corrected chi connectivity index (χ0v) is 16.6. The molecule has 0 aliphatic heterocycles. The van der Waals surface area contributed by atoms with Crippen LogP contribution in [0.3, 0.4) is 0 Å². The quantitative estimate of drug-likeness (QED) is 0.415. The number of carbonyl (C=O) groups excluding carboxylic acids is 1. The number of aryl methyl sites for hydroxylation is 1. The zero-order chi connectivity index (χ0) is 21.1. The van der Waals surface area contributed by atoms with Crippen molar-refractivity contribution in [1.29, 1.82) is 0 Å². The van der Waals surface area contributed by atoms with Gasteiger partial charge in [-0.05, 0) is 61.4 Å². The second kappa shape index (κ2) is 8.29. The van der Waals surface area contributed by atoms with Gasteiger partial charge in [-0.25, -0.2) is 4.79 Å². The first-order valence-corrected chi connectivity index (χ1v) is 9.57. The van der Waals surface area contributed by atoms with Crippen LogP contribution in [-0.4, -0.2) is 12.6 Å². The van der Waals surface area contributed by atoms with Gasteiger partial charge in [-0.15, -0.1) is 0 Å². The van der Waals surface area contributed by atoms with Crippen LogP contribution in [0.5, 0.6) is 5.75 Å². The lowest BCUT2D eigenvalue weighted by Gasteiger charge is -2.11. The molecule has 0 saturated heterocycles. The molecule has 6 heteroatoms. The van der Waals surface area contributed by atoms with Crippen molar-refractivity contribution < 1.29 is 23.1 Å². The molecule has 0 radical (unpaired) electrons. The van der Waals surface area contributed by atoms with Crippen molar-refractivity contribution in [2.45, 2.75) is 20.5 Å². The predicted octanol–water partition coefficient (Wildman–Crippen LogP) is 5.12. The summed E-state index contributed by atoms with van der Waals surface area (Å²) < 4.78 is 22.3. The molecule has 0 saturated carbocycles. The van der Waals surface area contributed by atoms with Crippen LogP contribution < -0.4 is 10.2 Å². The van der Waals surface area contributed by atoms with Crippen LogP contribution in [0.1, 0.15) is 28.4 Å². The number of benzene rings is 2. The molecule has 0 bridgehead atoms. The second-order valence-corrected chi connectivity index (χ2v) is 6.77. The third kappa shape index (κ3) is 3.85. The van der Waals surface area contributed by atoms with Crippen LogP contribution in [0.25, 0.3) is 22.5 Å². The van der Waals surface area contributed by atoms with E-state index in [1.165, 1.54) is 6.26 Å². The topological polar surface area (TPSA) is 78.9 Å². The fourth-order valence-electron chi connectivity index (χ4n) is 3.09. The minimum absolute atomic E-state index is 0.0794. The molecule has 4 aromatic rings. The highest BCUT2D eigenvalue weighted by molar-refractivity contribution is 5.89. The Kier molecular flexibility index (Phi) is 5.39. The normalized spacial score (nSPS) is 10.9. The van der Waals surface area contributed by atoms with Crippen LogP contribution in [0.2, 0.25) is 0 Å². The van der Waals surface area contributed by atoms with E-state index in [4.69, 9.17) is 18.3 Å². The summed E-state index contributed by atoms with van der Waals surface area (Å²) in [6, 6.07) is 15.6. The highest BCUT2D eigenvalue weighted by Gasteiger charge is 2.20. The molecule has 0 aliphatic rings. The van der Waals surface area contributed by atoms with E-state index in [0.717, 1.165) is 11.1 Å². The maximum atomic E-state index is 13.1. The van der Waals surface area contributed by atoms with Gasteiger partial charge in [-0.3, -0.25) is 4.79 Å². The van der Waals surface area contributed by atoms with E-state index in [2.05, 4.69) is 0 Å². The molecule has 152 valence electrons. The van der Waals surface area contributed by atoms with Crippen molar-refractivity contribution in [1.82, 2.24) is 0 Å². The molecule has 0 aliphatic carbocycles. The first-order chi connectivity index (χ1) is 14.6. The van der Waals surface area contributed by atoms with E-state index in [0.29, 0.717) is 28.9 Å². The molecule has 30 heavy (non-hydrogen) atoms. The van der Waals surface area contributed by atoms with E-state index >= 15 is 0 Å². The minimum Gasteiger partial charge on any atom is -0.481 e. The van der Waals surface area contributed by atoms with E-state index < -0.39 is 0 Å². The van der Waals surface area contributed by atoms with Crippen molar-refractivity contribution in [2.75, 3.05) is 6.61 Å². The smallest absolute Gasteiger partial charge is 0.338 e. The number of ether oxygens (including phenoxy) is 2. The first-order valence-electron chi connectivity index (χ1n) is 9.57. The minimum atomic E-state index is -0.379. The van der Waals surface area contributed by atoms with E-state index in [1.54, 1.807) is 55.5 Å². The predicted molar refractivity (Wildman–Crippen MR) is 112 cm³/mol. The van der Waals surface area contributed by atoms with Gasteiger partial charge < -0.3 is 18.3 Å². The highest BCUT2D eigenvalue weighted by Crippen LogP contribution is 2.32. The average Bonchev–Trinajstić information content (AvgIpc) is 3.28. The third-order valence-electron chi connectivity index (χ3n) is 4.60. The fraction of sp³-hybridized carbons (Fsp3) is 0.167. The monoisotopic (exact) mass is 404 g/mol. The molecule has 0 N–H and O–H groups in total. The van der Waals surface area contributed by atoms with Crippen molar-refractivity contribution >= 4 is 16.9 Å². The van der Waals surface area contributed by atoms with Crippen LogP contribution >= 0.6 is 0 Å². The molecule has 4 rings (SSSR count). The summed E-state index contributed by atoms with van der Waals surface area (Å²) >= 11 is 0. The van der Waals surface area contributed by atoms with Crippen molar-refractivity contribution in [3.05, 3.63) is 87.8 Å². The number of carbonyl (C=O) groups is 1. The summed E-state index contributed by atoms with van der Waals surface area (Å²) in [5.41, 5.74) is 2.42. The molecule has 0 spiro atoms. The zero-order valence-electron chi connectivity index (χ0n) is 16.6. The maximum Gasteiger partial charge on any atom is 0.338 e. The van der Waals surface area contributed by atoms with Gasteiger partial charge in [-0.1, -0.05) is 18.2 Å². The Bertz CT molecular complexity index is 1230. The molecule has 6 nitrogen and oxygen atoms in total. The molecule has 2 aromatic carbocycles. The Balaban J connectivity index is 1.67. The number of furan rings is 1. The van der Waals surface area contributed by atoms with E-state index in [-0.39, 0.29) is 29.5 Å². The summed E-state index contributed by atoms with van der Waals surface area (Å²) in [6.45, 7) is 4.12. The average molecular weight is 404 g/mol.